The molecule has 14 heteroatoms. The van der Waals surface area contributed by atoms with Gasteiger partial charge >= 0.3 is 6.09 Å². The zero-order chi connectivity index (χ0) is 34.5. The van der Waals surface area contributed by atoms with Crippen LogP contribution in [0.25, 0.3) is 10.4 Å². The van der Waals surface area contributed by atoms with Crippen molar-refractivity contribution in [1.82, 2.24) is 15.1 Å². The second-order valence-corrected chi connectivity index (χ2v) is 13.0. The number of carbonyl (C=O) groups is 4. The van der Waals surface area contributed by atoms with E-state index in [1.807, 2.05) is 26.8 Å². The van der Waals surface area contributed by atoms with Gasteiger partial charge in [0, 0.05) is 54.1 Å². The Morgan fingerprint density at radius 1 is 1.02 bits per heavy atom. The number of hydrogen-bond donors (Lipinski definition) is 1. The molecule has 1 aromatic rings. The number of azide groups is 1. The summed E-state index contributed by atoms with van der Waals surface area (Å²) in [6.45, 7) is 8.66. The second-order valence-electron chi connectivity index (χ2n) is 13.0. The Balaban J connectivity index is 1.07. The molecular weight excluding hydrogens is 620 g/mol. The first-order chi connectivity index (χ1) is 23.1. The molecule has 3 aliphatic rings. The molecule has 4 rings (SSSR count). The predicted octanol–water partition coefficient (Wildman–Crippen LogP) is 4.10. The number of nitrogens with zero attached hydrogens (tertiary/aromatic N) is 5. The molecule has 2 aliphatic heterocycles. The van der Waals surface area contributed by atoms with Crippen molar-refractivity contribution in [1.29, 1.82) is 0 Å². The van der Waals surface area contributed by atoms with Crippen LogP contribution in [0.2, 0.25) is 0 Å². The number of imide groups is 1. The summed E-state index contributed by atoms with van der Waals surface area (Å²) in [7, 11) is 0. The molecule has 1 N–H and O–H groups in total. The molecule has 4 amide bonds. The molecule has 2 fully saturated rings. The highest BCUT2D eigenvalue weighted by Crippen LogP contribution is 2.29. The van der Waals surface area contributed by atoms with E-state index in [4.69, 9.17) is 24.5 Å². The van der Waals surface area contributed by atoms with Gasteiger partial charge in [-0.05, 0) is 82.2 Å². The first kappa shape index (κ1) is 36.7. The summed E-state index contributed by atoms with van der Waals surface area (Å²) in [5, 5.41) is 6.14. The number of nitrogens with one attached hydrogen (secondary N) is 1. The van der Waals surface area contributed by atoms with Crippen LogP contribution >= 0.6 is 0 Å². The lowest BCUT2D eigenvalue weighted by Gasteiger charge is -2.36. The molecule has 0 radical (unpaired) electrons. The topological polar surface area (TPSA) is 172 Å². The van der Waals surface area contributed by atoms with Gasteiger partial charge in [-0.25, -0.2) is 4.79 Å². The molecule has 1 atom stereocenters. The fourth-order valence-corrected chi connectivity index (χ4v) is 5.95. The summed E-state index contributed by atoms with van der Waals surface area (Å²) in [6.07, 6.45) is 3.70. The average molecular weight is 667 g/mol. The van der Waals surface area contributed by atoms with E-state index in [9.17, 15) is 19.2 Å². The number of fused-ring (bicyclic) bond motifs is 1. The van der Waals surface area contributed by atoms with Gasteiger partial charge in [-0.2, -0.15) is 0 Å². The van der Waals surface area contributed by atoms with Crippen LogP contribution in [0.4, 0.5) is 4.79 Å². The van der Waals surface area contributed by atoms with Gasteiger partial charge in [0.15, 0.2) is 0 Å². The van der Waals surface area contributed by atoms with Crippen molar-refractivity contribution in [2.75, 3.05) is 46.2 Å². The Kier molecular flexibility index (Phi) is 13.6. The maximum Gasteiger partial charge on any atom is 0.410 e. The quantitative estimate of drug-likeness (QED) is 0.0772. The van der Waals surface area contributed by atoms with Crippen LogP contribution < -0.4 is 5.32 Å². The Hall–Kier alpha value is -4.15. The molecule has 1 aromatic carbocycles. The third-order valence-electron chi connectivity index (χ3n) is 8.30. The average Bonchev–Trinajstić information content (AvgIpc) is 3.36. The summed E-state index contributed by atoms with van der Waals surface area (Å²) in [5.41, 5.74) is 10.3. The van der Waals surface area contributed by atoms with Crippen LogP contribution in [-0.2, 0) is 35.1 Å². The van der Waals surface area contributed by atoms with E-state index in [0.717, 1.165) is 36.8 Å². The molecule has 260 valence electrons. The standard InChI is InChI=1S/C34H46N6O8/c1-34(2,3)48-33(44)39(27-10-8-26(9-11-27)37-38-35)15-17-46-19-21-47-20-18-45-16-5-4-6-24-7-12-28-25(22-24)23-40(32(28)43)29-13-14-30(41)36-31(29)42/h7,12,22,26-27,29H,5,8-11,13-21,23H2,1-3H3,(H,36,41,42). The van der Waals surface area contributed by atoms with E-state index in [2.05, 4.69) is 27.2 Å². The van der Waals surface area contributed by atoms with Gasteiger partial charge in [-0.3, -0.25) is 19.7 Å². The van der Waals surface area contributed by atoms with Gasteiger partial charge in [0.2, 0.25) is 11.8 Å². The predicted molar refractivity (Wildman–Crippen MR) is 175 cm³/mol. The molecular formula is C34H46N6O8. The van der Waals surface area contributed by atoms with Crippen molar-refractivity contribution in [2.24, 2.45) is 5.11 Å². The van der Waals surface area contributed by atoms with Crippen LogP contribution in [-0.4, -0.2) is 104 Å². The fraction of sp³-hybridized carbons (Fsp3) is 0.647. The number of rotatable bonds is 14. The lowest BCUT2D eigenvalue weighted by atomic mass is 9.91. The van der Waals surface area contributed by atoms with Gasteiger partial charge in [-0.15, -0.1) is 0 Å². The van der Waals surface area contributed by atoms with Crippen molar-refractivity contribution in [3.8, 4) is 11.8 Å². The lowest BCUT2D eigenvalue weighted by Crippen LogP contribution is -2.52. The highest BCUT2D eigenvalue weighted by Gasteiger charge is 2.39. The molecule has 48 heavy (non-hydrogen) atoms. The first-order valence-electron chi connectivity index (χ1n) is 16.6. The van der Waals surface area contributed by atoms with E-state index < -0.39 is 17.6 Å². The third-order valence-corrected chi connectivity index (χ3v) is 8.30. The van der Waals surface area contributed by atoms with Gasteiger partial charge < -0.3 is 28.7 Å². The molecule has 0 aromatic heterocycles. The summed E-state index contributed by atoms with van der Waals surface area (Å²) < 4.78 is 22.6. The largest absolute Gasteiger partial charge is 0.444 e. The molecule has 0 bridgehead atoms. The molecule has 14 nitrogen and oxygen atoms in total. The van der Waals surface area contributed by atoms with Crippen molar-refractivity contribution >= 4 is 23.8 Å². The highest BCUT2D eigenvalue weighted by atomic mass is 16.6. The fourth-order valence-electron chi connectivity index (χ4n) is 5.95. The van der Waals surface area contributed by atoms with Gasteiger partial charge in [0.25, 0.3) is 5.91 Å². The molecule has 1 saturated carbocycles. The minimum atomic E-state index is -0.638. The zero-order valence-electron chi connectivity index (χ0n) is 28.1. The minimum absolute atomic E-state index is 0.0172. The monoisotopic (exact) mass is 666 g/mol. The van der Waals surface area contributed by atoms with E-state index in [1.165, 1.54) is 4.90 Å². The smallest absolute Gasteiger partial charge is 0.410 e. The molecule has 2 heterocycles. The first-order valence-corrected chi connectivity index (χ1v) is 16.6. The lowest BCUT2D eigenvalue weighted by molar-refractivity contribution is -0.136. The second kappa shape index (κ2) is 17.8. The minimum Gasteiger partial charge on any atom is -0.444 e. The van der Waals surface area contributed by atoms with Crippen molar-refractivity contribution < 1.29 is 38.1 Å². The van der Waals surface area contributed by atoms with Gasteiger partial charge in [0.05, 0.1) is 39.6 Å². The number of carbonyl (C=O) groups excluding carboxylic acids is 4. The Morgan fingerprint density at radius 3 is 2.38 bits per heavy atom. The number of benzene rings is 1. The molecule has 0 spiro atoms. The summed E-state index contributed by atoms with van der Waals surface area (Å²) >= 11 is 0. The van der Waals surface area contributed by atoms with Crippen LogP contribution in [0.5, 0.6) is 0 Å². The van der Waals surface area contributed by atoms with E-state index in [1.54, 1.807) is 17.0 Å². The van der Waals surface area contributed by atoms with E-state index in [0.29, 0.717) is 71.1 Å². The molecule has 1 unspecified atom stereocenters. The van der Waals surface area contributed by atoms with Crippen LogP contribution in [0.3, 0.4) is 0 Å². The maximum atomic E-state index is 12.9. The van der Waals surface area contributed by atoms with Gasteiger partial charge in [0.1, 0.15) is 11.6 Å². The summed E-state index contributed by atoms with van der Waals surface area (Å²) in [5.74, 6) is 5.25. The van der Waals surface area contributed by atoms with Crippen molar-refractivity contribution in [3.63, 3.8) is 0 Å². The van der Waals surface area contributed by atoms with Crippen molar-refractivity contribution in [3.05, 3.63) is 45.3 Å². The SMILES string of the molecule is CC(C)(C)OC(=O)N(CCOCCOCCOCCC#Cc1ccc2c(c1)CN(C1CCC(=O)NC1=O)C2=O)C1CCC(N=[N+]=[N-])CC1. The zero-order valence-corrected chi connectivity index (χ0v) is 28.1. The Bertz CT molecular complexity index is 1420. The number of amides is 4. The summed E-state index contributed by atoms with van der Waals surface area (Å²) in [6, 6.07) is 4.76. The van der Waals surface area contributed by atoms with Crippen molar-refractivity contribution in [2.45, 2.75) is 96.0 Å². The van der Waals surface area contributed by atoms with Crippen LogP contribution in [0.1, 0.15) is 87.2 Å². The van der Waals surface area contributed by atoms with E-state index >= 15 is 0 Å². The molecule has 1 aliphatic carbocycles. The van der Waals surface area contributed by atoms with Crippen LogP contribution in [0, 0.1) is 11.8 Å². The summed E-state index contributed by atoms with van der Waals surface area (Å²) in [4.78, 5) is 55.6. The normalized spacial score (nSPS) is 20.7. The van der Waals surface area contributed by atoms with Crippen LogP contribution in [0.15, 0.2) is 23.3 Å². The highest BCUT2D eigenvalue weighted by molar-refractivity contribution is 6.05. The maximum absolute atomic E-state index is 12.9. The molecule has 1 saturated heterocycles. The number of hydrogen-bond acceptors (Lipinski definition) is 9. The number of piperidine rings is 1. The Morgan fingerprint density at radius 2 is 1.71 bits per heavy atom. The number of ether oxygens (including phenoxy) is 4. The Labute approximate surface area is 281 Å². The third kappa shape index (κ3) is 11.0. The van der Waals surface area contributed by atoms with Gasteiger partial charge in [-0.1, -0.05) is 17.0 Å². The van der Waals surface area contributed by atoms with E-state index in [-0.39, 0.29) is 36.4 Å².